The van der Waals surface area contributed by atoms with E-state index in [1.54, 1.807) is 24.3 Å². The Morgan fingerprint density at radius 3 is 1.84 bits per heavy atom. The van der Waals surface area contributed by atoms with E-state index in [4.69, 9.17) is 0 Å². The zero-order valence-electron chi connectivity index (χ0n) is 17.8. The number of phenols is 2. The SMILES string of the molecule is Cc1cc(C2(c3ccc(O)c(C)c3)c3ccccc3-c3c(C(=O)O)cccc32)ccc1O. The quantitative estimate of drug-likeness (QED) is 0.345. The molecule has 4 heteroatoms. The van der Waals surface area contributed by atoms with Crippen molar-refractivity contribution in [3.63, 3.8) is 0 Å². The minimum atomic E-state index is -0.976. The number of hydrogen-bond donors (Lipinski definition) is 3. The number of aromatic carboxylic acids is 1. The van der Waals surface area contributed by atoms with E-state index in [9.17, 15) is 20.1 Å². The first-order valence-corrected chi connectivity index (χ1v) is 10.4. The Morgan fingerprint density at radius 2 is 1.28 bits per heavy atom. The summed E-state index contributed by atoms with van der Waals surface area (Å²) in [5, 5.41) is 30.4. The van der Waals surface area contributed by atoms with Crippen LogP contribution in [0.15, 0.2) is 78.9 Å². The lowest BCUT2D eigenvalue weighted by Crippen LogP contribution is -2.29. The second-order valence-corrected chi connectivity index (χ2v) is 8.33. The maximum Gasteiger partial charge on any atom is 0.336 e. The number of carbonyl (C=O) groups is 1. The number of benzene rings is 4. The Kier molecular flexibility index (Phi) is 4.34. The summed E-state index contributed by atoms with van der Waals surface area (Å²) in [7, 11) is 0. The fraction of sp³-hybridized carbons (Fsp3) is 0.107. The van der Waals surface area contributed by atoms with Crippen molar-refractivity contribution >= 4 is 5.97 Å². The highest BCUT2D eigenvalue weighted by atomic mass is 16.4. The standard InChI is InChI=1S/C28H22O4/c1-16-14-18(10-12-24(16)29)28(19-11-13-25(30)17(2)15-19)22-8-4-3-6-20(22)26-21(27(31)32)7-5-9-23(26)28/h3-15,29-30H,1-2H3,(H,31,32). The molecule has 158 valence electrons. The lowest BCUT2D eigenvalue weighted by Gasteiger charge is -2.34. The Labute approximate surface area is 186 Å². The molecule has 0 aliphatic heterocycles. The Balaban J connectivity index is 2.00. The molecule has 0 unspecified atom stereocenters. The molecule has 1 aliphatic rings. The lowest BCUT2D eigenvalue weighted by atomic mass is 9.67. The van der Waals surface area contributed by atoms with E-state index in [1.807, 2.05) is 68.4 Å². The molecule has 0 fully saturated rings. The summed E-state index contributed by atoms with van der Waals surface area (Å²) < 4.78 is 0. The molecule has 4 aromatic rings. The number of fused-ring (bicyclic) bond motifs is 3. The van der Waals surface area contributed by atoms with Crippen molar-refractivity contribution in [2.75, 3.05) is 0 Å². The highest BCUT2D eigenvalue weighted by molar-refractivity contribution is 6.01. The van der Waals surface area contributed by atoms with E-state index in [1.165, 1.54) is 0 Å². The highest BCUT2D eigenvalue weighted by Gasteiger charge is 2.47. The van der Waals surface area contributed by atoms with Gasteiger partial charge in [0, 0.05) is 5.56 Å². The van der Waals surface area contributed by atoms with E-state index in [-0.39, 0.29) is 17.1 Å². The summed E-state index contributed by atoms with van der Waals surface area (Å²) in [4.78, 5) is 12.2. The fourth-order valence-electron chi connectivity index (χ4n) is 5.07. The highest BCUT2D eigenvalue weighted by Crippen LogP contribution is 2.57. The summed E-state index contributed by atoms with van der Waals surface area (Å²) >= 11 is 0. The number of rotatable bonds is 3. The van der Waals surface area contributed by atoms with Crippen molar-refractivity contribution in [3.05, 3.63) is 118 Å². The van der Waals surface area contributed by atoms with Crippen LogP contribution in [0.2, 0.25) is 0 Å². The van der Waals surface area contributed by atoms with Gasteiger partial charge < -0.3 is 15.3 Å². The lowest BCUT2D eigenvalue weighted by molar-refractivity contribution is 0.0697. The molecule has 0 radical (unpaired) electrons. The van der Waals surface area contributed by atoms with Crippen LogP contribution in [-0.2, 0) is 5.41 Å². The third kappa shape index (κ3) is 2.59. The monoisotopic (exact) mass is 422 g/mol. The first-order valence-electron chi connectivity index (χ1n) is 10.4. The van der Waals surface area contributed by atoms with Crippen molar-refractivity contribution in [3.8, 4) is 22.6 Å². The third-order valence-corrected chi connectivity index (χ3v) is 6.56. The molecule has 4 aromatic carbocycles. The summed E-state index contributed by atoms with van der Waals surface area (Å²) in [6.45, 7) is 3.70. The number of aryl methyl sites for hydroxylation is 2. The number of carboxylic acid groups (broad SMARTS) is 1. The predicted octanol–water partition coefficient (Wildman–Crippen LogP) is 5.78. The van der Waals surface area contributed by atoms with E-state index in [2.05, 4.69) is 0 Å². The Morgan fingerprint density at radius 1 is 0.719 bits per heavy atom. The second-order valence-electron chi connectivity index (χ2n) is 8.33. The van der Waals surface area contributed by atoms with Gasteiger partial charge in [0.15, 0.2) is 0 Å². The van der Waals surface area contributed by atoms with Gasteiger partial charge in [-0.2, -0.15) is 0 Å². The molecule has 32 heavy (non-hydrogen) atoms. The molecule has 1 aliphatic carbocycles. The van der Waals surface area contributed by atoms with Crippen LogP contribution < -0.4 is 0 Å². The molecule has 4 nitrogen and oxygen atoms in total. The van der Waals surface area contributed by atoms with Crippen LogP contribution >= 0.6 is 0 Å². The summed E-state index contributed by atoms with van der Waals surface area (Å²) in [5.41, 5.74) is 6.18. The van der Waals surface area contributed by atoms with Crippen LogP contribution in [0.3, 0.4) is 0 Å². The minimum absolute atomic E-state index is 0.205. The van der Waals surface area contributed by atoms with Crippen LogP contribution in [0.5, 0.6) is 11.5 Å². The van der Waals surface area contributed by atoms with Gasteiger partial charge in [-0.25, -0.2) is 4.79 Å². The Bertz CT molecular complexity index is 1350. The number of phenolic OH excluding ortho intramolecular Hbond substituents is 2. The zero-order valence-corrected chi connectivity index (χ0v) is 17.8. The topological polar surface area (TPSA) is 77.8 Å². The molecular formula is C28H22O4. The number of carboxylic acids is 1. The molecule has 0 spiro atoms. The largest absolute Gasteiger partial charge is 0.508 e. The molecule has 0 saturated carbocycles. The van der Waals surface area contributed by atoms with Gasteiger partial charge in [-0.1, -0.05) is 60.7 Å². The first-order chi connectivity index (χ1) is 15.4. The molecule has 0 aromatic heterocycles. The van der Waals surface area contributed by atoms with Gasteiger partial charge in [-0.15, -0.1) is 0 Å². The normalized spacial score (nSPS) is 13.4. The van der Waals surface area contributed by atoms with Gasteiger partial charge in [0.25, 0.3) is 0 Å². The third-order valence-electron chi connectivity index (χ3n) is 6.56. The van der Waals surface area contributed by atoms with Crippen molar-refractivity contribution in [1.29, 1.82) is 0 Å². The van der Waals surface area contributed by atoms with E-state index in [0.717, 1.165) is 38.9 Å². The fourth-order valence-corrected chi connectivity index (χ4v) is 5.07. The molecular weight excluding hydrogens is 400 g/mol. The molecule has 0 heterocycles. The molecule has 0 saturated heterocycles. The van der Waals surface area contributed by atoms with Gasteiger partial charge >= 0.3 is 5.97 Å². The maximum absolute atomic E-state index is 12.2. The summed E-state index contributed by atoms with van der Waals surface area (Å²) in [6, 6.07) is 24.3. The van der Waals surface area contributed by atoms with E-state index >= 15 is 0 Å². The zero-order chi connectivity index (χ0) is 22.6. The molecule has 0 atom stereocenters. The summed E-state index contributed by atoms with van der Waals surface area (Å²) in [6.07, 6.45) is 0. The predicted molar refractivity (Wildman–Crippen MR) is 124 cm³/mol. The Hall–Kier alpha value is -4.05. The van der Waals surface area contributed by atoms with Crippen LogP contribution in [0, 0.1) is 13.8 Å². The first kappa shape index (κ1) is 19.9. The van der Waals surface area contributed by atoms with E-state index < -0.39 is 11.4 Å². The summed E-state index contributed by atoms with van der Waals surface area (Å²) in [5.74, 6) is -0.565. The minimum Gasteiger partial charge on any atom is -0.508 e. The van der Waals surface area contributed by atoms with Crippen LogP contribution in [0.4, 0.5) is 0 Å². The van der Waals surface area contributed by atoms with Crippen molar-refractivity contribution in [2.45, 2.75) is 19.3 Å². The van der Waals surface area contributed by atoms with Crippen LogP contribution in [-0.4, -0.2) is 21.3 Å². The van der Waals surface area contributed by atoms with E-state index in [0.29, 0.717) is 5.56 Å². The van der Waals surface area contributed by atoms with Gasteiger partial charge in [0.2, 0.25) is 0 Å². The van der Waals surface area contributed by atoms with Gasteiger partial charge in [-0.05, 0) is 71.0 Å². The average molecular weight is 422 g/mol. The average Bonchev–Trinajstić information content (AvgIpc) is 3.09. The van der Waals surface area contributed by atoms with Crippen molar-refractivity contribution in [1.82, 2.24) is 0 Å². The number of aromatic hydroxyl groups is 2. The van der Waals surface area contributed by atoms with Crippen molar-refractivity contribution in [2.24, 2.45) is 0 Å². The molecule has 0 bridgehead atoms. The van der Waals surface area contributed by atoms with Gasteiger partial charge in [-0.3, -0.25) is 0 Å². The molecule has 5 rings (SSSR count). The van der Waals surface area contributed by atoms with Crippen LogP contribution in [0.25, 0.3) is 11.1 Å². The van der Waals surface area contributed by atoms with Gasteiger partial charge in [0.05, 0.1) is 11.0 Å². The van der Waals surface area contributed by atoms with Gasteiger partial charge in [0.1, 0.15) is 11.5 Å². The molecule has 3 N–H and O–H groups in total. The van der Waals surface area contributed by atoms with Crippen LogP contribution in [0.1, 0.15) is 43.7 Å². The smallest absolute Gasteiger partial charge is 0.336 e. The maximum atomic E-state index is 12.2. The van der Waals surface area contributed by atoms with Crippen molar-refractivity contribution < 1.29 is 20.1 Å². The molecule has 0 amide bonds. The number of hydrogen-bond acceptors (Lipinski definition) is 3. The second kappa shape index (κ2) is 6.99.